The van der Waals surface area contributed by atoms with E-state index in [1.165, 1.54) is 0 Å². The molecule has 0 aliphatic heterocycles. The van der Waals surface area contributed by atoms with Crippen LogP contribution in [0, 0.1) is 0 Å². The number of nitrogens with two attached hydrogens (primary N) is 1. The zero-order valence-electron chi connectivity index (χ0n) is 12.3. The number of carboxylic acid groups (broad SMARTS) is 1. The topological polar surface area (TPSA) is 103 Å². The van der Waals surface area contributed by atoms with Crippen molar-refractivity contribution >= 4 is 28.5 Å². The van der Waals surface area contributed by atoms with E-state index in [-0.39, 0.29) is 11.7 Å². The maximum atomic E-state index is 11.1. The molecule has 0 radical (unpaired) electrons. The van der Waals surface area contributed by atoms with Crippen LogP contribution in [0.1, 0.15) is 16.1 Å². The lowest BCUT2D eigenvalue weighted by Crippen LogP contribution is -2.22. The third-order valence-corrected chi connectivity index (χ3v) is 3.43. The number of aromatic amines is 1. The van der Waals surface area contributed by atoms with Gasteiger partial charge in [-0.2, -0.15) is 0 Å². The van der Waals surface area contributed by atoms with Crippen LogP contribution in [0.3, 0.4) is 0 Å². The number of carbonyl (C=O) groups is 1. The molecular weight excluding hydrogens is 292 g/mol. The molecule has 0 amide bonds. The van der Waals surface area contributed by atoms with E-state index in [1.807, 2.05) is 48.5 Å². The molecular formula is C17H16N4O2. The number of hydrogen-bond acceptors (Lipinski definition) is 2. The van der Waals surface area contributed by atoms with Crippen LogP contribution in [-0.2, 0) is 6.54 Å². The van der Waals surface area contributed by atoms with Crippen LogP contribution in [0.15, 0.2) is 59.6 Å². The molecule has 0 aliphatic rings. The molecule has 3 aromatic rings. The van der Waals surface area contributed by atoms with E-state index in [9.17, 15) is 4.79 Å². The second-order valence-corrected chi connectivity index (χ2v) is 5.07. The van der Waals surface area contributed by atoms with E-state index in [1.54, 1.807) is 6.07 Å². The van der Waals surface area contributed by atoms with E-state index in [4.69, 9.17) is 10.8 Å². The van der Waals surface area contributed by atoms with Gasteiger partial charge in [0.05, 0.1) is 12.2 Å². The van der Waals surface area contributed by atoms with Gasteiger partial charge in [-0.3, -0.25) is 0 Å². The minimum Gasteiger partial charge on any atom is -0.477 e. The first-order valence-electron chi connectivity index (χ1n) is 7.09. The number of carboxylic acids is 1. The summed E-state index contributed by atoms with van der Waals surface area (Å²) in [4.78, 5) is 18.2. The van der Waals surface area contributed by atoms with Crippen LogP contribution < -0.4 is 11.1 Å². The molecule has 1 aromatic heterocycles. The Morgan fingerprint density at radius 3 is 2.70 bits per heavy atom. The van der Waals surface area contributed by atoms with Gasteiger partial charge in [0.2, 0.25) is 0 Å². The van der Waals surface area contributed by atoms with Crippen LogP contribution >= 0.6 is 0 Å². The Balaban J connectivity index is 1.82. The van der Waals surface area contributed by atoms with Crippen molar-refractivity contribution < 1.29 is 9.90 Å². The van der Waals surface area contributed by atoms with Crippen molar-refractivity contribution in [3.63, 3.8) is 0 Å². The number of benzene rings is 2. The Kier molecular flexibility index (Phi) is 3.97. The van der Waals surface area contributed by atoms with Gasteiger partial charge in [-0.05, 0) is 23.8 Å². The molecule has 3 rings (SSSR count). The van der Waals surface area contributed by atoms with Gasteiger partial charge in [-0.1, -0.05) is 36.4 Å². The minimum atomic E-state index is -1.00. The number of fused-ring (bicyclic) bond motifs is 1. The number of nitrogens with zero attached hydrogens (tertiary/aromatic N) is 1. The number of rotatable bonds is 4. The van der Waals surface area contributed by atoms with Crippen molar-refractivity contribution in [1.29, 1.82) is 0 Å². The van der Waals surface area contributed by atoms with E-state index >= 15 is 0 Å². The summed E-state index contributed by atoms with van der Waals surface area (Å²) in [6.07, 6.45) is 0. The predicted octanol–water partition coefficient (Wildman–Crippen LogP) is 2.79. The lowest BCUT2D eigenvalue weighted by Gasteiger charge is -2.07. The molecule has 0 saturated heterocycles. The van der Waals surface area contributed by atoms with E-state index < -0.39 is 5.97 Å². The largest absolute Gasteiger partial charge is 0.477 e. The Morgan fingerprint density at radius 1 is 1.17 bits per heavy atom. The lowest BCUT2D eigenvalue weighted by atomic mass is 10.2. The van der Waals surface area contributed by atoms with Gasteiger partial charge in [0, 0.05) is 10.9 Å². The first kappa shape index (κ1) is 14.6. The monoisotopic (exact) mass is 308 g/mol. The first-order valence-corrected chi connectivity index (χ1v) is 7.09. The van der Waals surface area contributed by atoms with Crippen molar-refractivity contribution in [1.82, 2.24) is 4.98 Å². The molecule has 1 heterocycles. The van der Waals surface area contributed by atoms with Crippen LogP contribution in [0.2, 0.25) is 0 Å². The number of guanidine groups is 1. The van der Waals surface area contributed by atoms with E-state index in [2.05, 4.69) is 15.3 Å². The third-order valence-electron chi connectivity index (χ3n) is 3.43. The zero-order valence-corrected chi connectivity index (χ0v) is 12.3. The molecule has 6 heteroatoms. The van der Waals surface area contributed by atoms with E-state index in [0.29, 0.717) is 12.2 Å². The molecule has 0 spiro atoms. The number of H-pyrrole nitrogens is 1. The second-order valence-electron chi connectivity index (χ2n) is 5.07. The zero-order chi connectivity index (χ0) is 16.2. The number of aromatic carboxylic acids is 1. The highest BCUT2D eigenvalue weighted by molar-refractivity contribution is 6.04. The summed E-state index contributed by atoms with van der Waals surface area (Å²) < 4.78 is 0. The van der Waals surface area contributed by atoms with Gasteiger partial charge in [-0.15, -0.1) is 0 Å². The molecule has 6 nitrogen and oxygen atoms in total. The Bertz CT molecular complexity index is 869. The lowest BCUT2D eigenvalue weighted by molar-refractivity contribution is 0.0691. The van der Waals surface area contributed by atoms with Crippen molar-refractivity contribution in [2.24, 2.45) is 10.7 Å². The van der Waals surface area contributed by atoms with Crippen LogP contribution in [0.5, 0.6) is 0 Å². The van der Waals surface area contributed by atoms with Crippen molar-refractivity contribution in [2.75, 3.05) is 5.32 Å². The number of aromatic nitrogens is 1. The molecule has 0 saturated carbocycles. The van der Waals surface area contributed by atoms with Crippen molar-refractivity contribution in [3.8, 4) is 0 Å². The summed E-state index contributed by atoms with van der Waals surface area (Å²) in [7, 11) is 0. The molecule has 0 aliphatic carbocycles. The number of anilines is 1. The van der Waals surface area contributed by atoms with Crippen LogP contribution in [0.4, 0.5) is 5.69 Å². The molecule has 5 N–H and O–H groups in total. The third kappa shape index (κ3) is 3.32. The molecule has 0 fully saturated rings. The molecule has 23 heavy (non-hydrogen) atoms. The fraction of sp³-hybridized carbons (Fsp3) is 0.0588. The quantitative estimate of drug-likeness (QED) is 0.439. The predicted molar refractivity (Wildman–Crippen MR) is 90.6 cm³/mol. The highest BCUT2D eigenvalue weighted by Gasteiger charge is 2.10. The van der Waals surface area contributed by atoms with Gasteiger partial charge in [0.25, 0.3) is 0 Å². The van der Waals surface area contributed by atoms with Crippen molar-refractivity contribution in [3.05, 3.63) is 65.9 Å². The Hall–Kier alpha value is -3.28. The van der Waals surface area contributed by atoms with E-state index in [0.717, 1.165) is 16.5 Å². The average molecular weight is 308 g/mol. The summed E-state index contributed by atoms with van der Waals surface area (Å²) in [6.45, 7) is 0.475. The highest BCUT2D eigenvalue weighted by atomic mass is 16.4. The molecule has 0 atom stereocenters. The smallest absolute Gasteiger partial charge is 0.352 e. The summed E-state index contributed by atoms with van der Waals surface area (Å²) >= 11 is 0. The summed E-state index contributed by atoms with van der Waals surface area (Å²) in [5.41, 5.74) is 8.55. The SMILES string of the molecule is NC(=NCc1ccccc1)Nc1cccc2[nH]c(C(=O)O)cc12. The maximum absolute atomic E-state index is 11.1. The van der Waals surface area contributed by atoms with Crippen LogP contribution in [0.25, 0.3) is 10.9 Å². The van der Waals surface area contributed by atoms with Gasteiger partial charge in [0.15, 0.2) is 5.96 Å². The molecule has 2 aromatic carbocycles. The Labute approximate surface area is 132 Å². The van der Waals surface area contributed by atoms with Gasteiger partial charge < -0.3 is 21.1 Å². The van der Waals surface area contributed by atoms with Crippen LogP contribution in [-0.4, -0.2) is 22.0 Å². The summed E-state index contributed by atoms with van der Waals surface area (Å²) in [6, 6.07) is 16.8. The Morgan fingerprint density at radius 2 is 1.96 bits per heavy atom. The fourth-order valence-corrected chi connectivity index (χ4v) is 2.32. The first-order chi connectivity index (χ1) is 11.1. The number of aliphatic imine (C=N–C) groups is 1. The van der Waals surface area contributed by atoms with Gasteiger partial charge >= 0.3 is 5.97 Å². The molecule has 0 bridgehead atoms. The van der Waals surface area contributed by atoms with Gasteiger partial charge in [0.1, 0.15) is 5.69 Å². The number of hydrogen-bond donors (Lipinski definition) is 4. The van der Waals surface area contributed by atoms with Gasteiger partial charge in [-0.25, -0.2) is 9.79 Å². The van der Waals surface area contributed by atoms with Crippen molar-refractivity contribution in [2.45, 2.75) is 6.54 Å². The standard InChI is InChI=1S/C17H16N4O2/c18-17(19-10-11-5-2-1-3-6-11)21-14-8-4-7-13-12(14)9-15(20-13)16(22)23/h1-9,20H,10H2,(H,22,23)(H3,18,19,21). The second kappa shape index (κ2) is 6.23. The average Bonchev–Trinajstić information content (AvgIpc) is 3.00. The fourth-order valence-electron chi connectivity index (χ4n) is 2.32. The molecule has 0 unspecified atom stereocenters. The maximum Gasteiger partial charge on any atom is 0.352 e. The minimum absolute atomic E-state index is 0.133. The molecule has 116 valence electrons. The number of nitrogens with one attached hydrogen (secondary N) is 2. The summed E-state index contributed by atoms with van der Waals surface area (Å²) in [5.74, 6) is -0.725. The normalized spacial score (nSPS) is 11.6. The highest BCUT2D eigenvalue weighted by Crippen LogP contribution is 2.24. The summed E-state index contributed by atoms with van der Waals surface area (Å²) in [5, 5.41) is 12.8.